The smallest absolute Gasteiger partial charge is 0.268 e. The van der Waals surface area contributed by atoms with Gasteiger partial charge in [0.15, 0.2) is 0 Å². The molecule has 3 aromatic heterocycles. The lowest BCUT2D eigenvalue weighted by molar-refractivity contribution is 0.103. The zero-order valence-electron chi connectivity index (χ0n) is 16.6. The highest BCUT2D eigenvalue weighted by Crippen LogP contribution is 2.37. The van der Waals surface area contributed by atoms with E-state index in [9.17, 15) is 4.79 Å². The molecule has 0 bridgehead atoms. The molecule has 0 fully saturated rings. The minimum Gasteiger partial charge on any atom is -0.497 e. The van der Waals surface area contributed by atoms with E-state index in [0.29, 0.717) is 22.1 Å². The molecule has 0 aliphatic rings. The van der Waals surface area contributed by atoms with E-state index in [1.165, 1.54) is 11.3 Å². The largest absolute Gasteiger partial charge is 0.497 e. The third-order valence-corrected chi connectivity index (χ3v) is 5.76. The van der Waals surface area contributed by atoms with Gasteiger partial charge in [0.1, 0.15) is 21.2 Å². The Balaban J connectivity index is 1.85. The Labute approximate surface area is 172 Å². The van der Waals surface area contributed by atoms with Crippen LogP contribution in [0, 0.1) is 13.8 Å². The van der Waals surface area contributed by atoms with Crippen LogP contribution in [0.25, 0.3) is 15.9 Å². The molecule has 0 atom stereocenters. The van der Waals surface area contributed by atoms with E-state index in [1.54, 1.807) is 32.4 Å². The summed E-state index contributed by atoms with van der Waals surface area (Å²) >= 11 is 1.39. The van der Waals surface area contributed by atoms with Gasteiger partial charge in [-0.05, 0) is 49.7 Å². The van der Waals surface area contributed by atoms with Crippen LogP contribution in [-0.4, -0.2) is 29.7 Å². The van der Waals surface area contributed by atoms with Crippen molar-refractivity contribution in [2.24, 2.45) is 0 Å². The SMILES string of the molecule is COc1ccc(OC)c(NC(=O)c2sc3nc(C)cc(C)c3c2-n2cccc2)c1. The van der Waals surface area contributed by atoms with Crippen LogP contribution in [0.1, 0.15) is 20.9 Å². The first-order valence-electron chi connectivity index (χ1n) is 9.09. The number of aromatic nitrogens is 2. The minimum atomic E-state index is -0.222. The summed E-state index contributed by atoms with van der Waals surface area (Å²) in [6.45, 7) is 4.01. The molecule has 1 aromatic carbocycles. The van der Waals surface area contributed by atoms with Crippen LogP contribution in [0.4, 0.5) is 5.69 Å². The highest BCUT2D eigenvalue weighted by molar-refractivity contribution is 7.21. The summed E-state index contributed by atoms with van der Waals surface area (Å²) in [5.74, 6) is 0.976. The Morgan fingerprint density at radius 3 is 2.55 bits per heavy atom. The molecule has 0 unspecified atom stereocenters. The molecule has 0 radical (unpaired) electrons. The molecule has 6 nitrogen and oxygen atoms in total. The van der Waals surface area contributed by atoms with Gasteiger partial charge >= 0.3 is 0 Å². The van der Waals surface area contributed by atoms with E-state index < -0.39 is 0 Å². The molecule has 0 spiro atoms. The highest BCUT2D eigenvalue weighted by atomic mass is 32.1. The number of hydrogen-bond donors (Lipinski definition) is 1. The number of anilines is 1. The molecule has 29 heavy (non-hydrogen) atoms. The van der Waals surface area contributed by atoms with Crippen molar-refractivity contribution < 1.29 is 14.3 Å². The monoisotopic (exact) mass is 407 g/mol. The lowest BCUT2D eigenvalue weighted by Gasteiger charge is -2.12. The van der Waals surface area contributed by atoms with E-state index in [4.69, 9.17) is 9.47 Å². The molecule has 0 saturated heterocycles. The van der Waals surface area contributed by atoms with Crippen LogP contribution in [0.15, 0.2) is 48.8 Å². The second kappa shape index (κ2) is 7.60. The molecular formula is C22H21N3O3S. The van der Waals surface area contributed by atoms with Gasteiger partial charge in [-0.2, -0.15) is 0 Å². The van der Waals surface area contributed by atoms with Gasteiger partial charge < -0.3 is 19.4 Å². The first-order chi connectivity index (χ1) is 14.0. The molecular weight excluding hydrogens is 386 g/mol. The minimum absolute atomic E-state index is 0.222. The molecule has 1 amide bonds. The number of rotatable bonds is 5. The van der Waals surface area contributed by atoms with Gasteiger partial charge in [-0.1, -0.05) is 0 Å². The maximum Gasteiger partial charge on any atom is 0.268 e. The number of pyridine rings is 1. The van der Waals surface area contributed by atoms with Gasteiger partial charge in [0, 0.05) is 29.5 Å². The van der Waals surface area contributed by atoms with E-state index >= 15 is 0 Å². The standard InChI is InChI=1S/C22H21N3O3S/c1-13-11-14(2)23-22-18(13)19(25-9-5-6-10-25)20(29-22)21(26)24-16-12-15(27-3)7-8-17(16)28-4/h5-12H,1-4H3,(H,24,26). The molecule has 1 N–H and O–H groups in total. The molecule has 0 aliphatic heterocycles. The van der Waals surface area contributed by atoms with Gasteiger partial charge in [-0.3, -0.25) is 4.79 Å². The number of fused-ring (bicyclic) bond motifs is 1. The quantitative estimate of drug-likeness (QED) is 0.507. The van der Waals surface area contributed by atoms with Gasteiger partial charge in [0.2, 0.25) is 0 Å². The predicted molar refractivity (Wildman–Crippen MR) is 116 cm³/mol. The van der Waals surface area contributed by atoms with Gasteiger partial charge in [0.25, 0.3) is 5.91 Å². The third-order valence-electron chi connectivity index (χ3n) is 4.69. The molecule has 4 aromatic rings. The number of aryl methyl sites for hydroxylation is 2. The van der Waals surface area contributed by atoms with E-state index in [2.05, 4.69) is 10.3 Å². The van der Waals surface area contributed by atoms with Crippen LogP contribution in [-0.2, 0) is 0 Å². The predicted octanol–water partition coefficient (Wildman–Crippen LogP) is 4.97. The topological polar surface area (TPSA) is 65.4 Å². The summed E-state index contributed by atoms with van der Waals surface area (Å²) in [6.07, 6.45) is 3.87. The van der Waals surface area contributed by atoms with Crippen LogP contribution in [0.3, 0.4) is 0 Å². The molecule has 148 valence electrons. The number of hydrogen-bond acceptors (Lipinski definition) is 5. The summed E-state index contributed by atoms with van der Waals surface area (Å²) < 4.78 is 12.6. The maximum atomic E-state index is 13.3. The van der Waals surface area contributed by atoms with Crippen molar-refractivity contribution in [3.05, 3.63) is 64.9 Å². The summed E-state index contributed by atoms with van der Waals surface area (Å²) in [5, 5.41) is 3.96. The van der Waals surface area contributed by atoms with Crippen molar-refractivity contribution in [3.63, 3.8) is 0 Å². The Morgan fingerprint density at radius 1 is 1.10 bits per heavy atom. The summed E-state index contributed by atoms with van der Waals surface area (Å²) in [7, 11) is 3.15. The fourth-order valence-electron chi connectivity index (χ4n) is 3.40. The first kappa shape index (κ1) is 19.0. The summed E-state index contributed by atoms with van der Waals surface area (Å²) in [5.41, 5.74) is 3.40. The number of carbonyl (C=O) groups excluding carboxylic acids is 1. The van der Waals surface area contributed by atoms with Crippen molar-refractivity contribution >= 4 is 33.1 Å². The van der Waals surface area contributed by atoms with Crippen molar-refractivity contribution in [2.45, 2.75) is 13.8 Å². The Bertz CT molecular complexity index is 1200. The Kier molecular flexibility index (Phi) is 4.98. The second-order valence-electron chi connectivity index (χ2n) is 6.65. The van der Waals surface area contributed by atoms with Crippen LogP contribution in [0.2, 0.25) is 0 Å². The number of thiophene rings is 1. The summed E-state index contributed by atoms with van der Waals surface area (Å²) in [6, 6.07) is 11.2. The van der Waals surface area contributed by atoms with Crippen LogP contribution in [0.5, 0.6) is 11.5 Å². The Morgan fingerprint density at radius 2 is 1.86 bits per heavy atom. The zero-order valence-corrected chi connectivity index (χ0v) is 17.5. The number of nitrogens with zero attached hydrogens (tertiary/aromatic N) is 2. The van der Waals surface area contributed by atoms with Gasteiger partial charge in [0.05, 0.1) is 25.6 Å². The Hall–Kier alpha value is -3.32. The average molecular weight is 407 g/mol. The van der Waals surface area contributed by atoms with Crippen molar-refractivity contribution in [1.82, 2.24) is 9.55 Å². The average Bonchev–Trinajstić information content (AvgIpc) is 3.35. The molecule has 3 heterocycles. The van der Waals surface area contributed by atoms with Crippen molar-refractivity contribution in [2.75, 3.05) is 19.5 Å². The van der Waals surface area contributed by atoms with Crippen molar-refractivity contribution in [3.8, 4) is 17.2 Å². The fourth-order valence-corrected chi connectivity index (χ4v) is 4.59. The summed E-state index contributed by atoms with van der Waals surface area (Å²) in [4.78, 5) is 19.4. The molecule has 4 rings (SSSR count). The lowest BCUT2D eigenvalue weighted by Crippen LogP contribution is -2.13. The number of benzene rings is 1. The molecule has 0 saturated carbocycles. The van der Waals surface area contributed by atoms with Crippen molar-refractivity contribution in [1.29, 1.82) is 0 Å². The van der Waals surface area contributed by atoms with E-state index in [1.807, 2.05) is 49.0 Å². The number of ether oxygens (including phenoxy) is 2. The van der Waals surface area contributed by atoms with Crippen LogP contribution >= 0.6 is 11.3 Å². The van der Waals surface area contributed by atoms with Gasteiger partial charge in [-0.15, -0.1) is 11.3 Å². The highest BCUT2D eigenvalue weighted by Gasteiger charge is 2.23. The fraction of sp³-hybridized carbons (Fsp3) is 0.182. The third kappa shape index (κ3) is 3.45. The lowest BCUT2D eigenvalue weighted by atomic mass is 10.1. The number of nitrogens with one attached hydrogen (secondary N) is 1. The normalized spacial score (nSPS) is 10.9. The molecule has 0 aliphatic carbocycles. The first-order valence-corrected chi connectivity index (χ1v) is 9.91. The number of methoxy groups -OCH3 is 2. The zero-order chi connectivity index (χ0) is 20.5. The number of carbonyl (C=O) groups is 1. The second-order valence-corrected chi connectivity index (χ2v) is 7.65. The van der Waals surface area contributed by atoms with E-state index in [0.717, 1.165) is 27.2 Å². The van der Waals surface area contributed by atoms with Crippen LogP contribution < -0.4 is 14.8 Å². The molecule has 7 heteroatoms. The van der Waals surface area contributed by atoms with E-state index in [-0.39, 0.29) is 5.91 Å². The van der Waals surface area contributed by atoms with Gasteiger partial charge in [-0.25, -0.2) is 4.98 Å². The number of amides is 1. The maximum absolute atomic E-state index is 13.3.